The average Bonchev–Trinajstić information content (AvgIpc) is 2.67. The quantitative estimate of drug-likeness (QED) is 0.762. The first-order valence-electron chi connectivity index (χ1n) is 8.06. The van der Waals surface area contributed by atoms with E-state index in [-0.39, 0.29) is 5.82 Å². The van der Waals surface area contributed by atoms with Gasteiger partial charge in [0.05, 0.1) is 7.11 Å². The van der Waals surface area contributed by atoms with Gasteiger partial charge >= 0.3 is 0 Å². The maximum Gasteiger partial charge on any atom is 0.123 e. The van der Waals surface area contributed by atoms with Crippen molar-refractivity contribution in [3.05, 3.63) is 65.5 Å². The number of thiocarbonyl (C=S) groups is 2. The molecule has 6 heteroatoms. The zero-order chi connectivity index (χ0) is 17.8. The van der Waals surface area contributed by atoms with Crippen LogP contribution in [0.3, 0.4) is 0 Å². The van der Waals surface area contributed by atoms with E-state index < -0.39 is 0 Å². The van der Waals surface area contributed by atoms with Gasteiger partial charge in [0.15, 0.2) is 0 Å². The van der Waals surface area contributed by atoms with E-state index in [0.717, 1.165) is 53.0 Å². The molecular weight excluding hydrogens is 355 g/mol. The summed E-state index contributed by atoms with van der Waals surface area (Å²) in [7, 11) is 1.65. The number of halogens is 1. The Balaban J connectivity index is 1.60. The lowest BCUT2D eigenvalue weighted by Crippen LogP contribution is -2.50. The van der Waals surface area contributed by atoms with Gasteiger partial charge in [-0.15, -0.1) is 0 Å². The Labute approximate surface area is 158 Å². The van der Waals surface area contributed by atoms with E-state index in [1.54, 1.807) is 19.2 Å². The van der Waals surface area contributed by atoms with Gasteiger partial charge < -0.3 is 14.5 Å². The van der Waals surface area contributed by atoms with E-state index in [9.17, 15) is 4.39 Å². The fourth-order valence-corrected chi connectivity index (χ4v) is 3.44. The van der Waals surface area contributed by atoms with Crippen LogP contribution in [0.1, 0.15) is 11.1 Å². The van der Waals surface area contributed by atoms with Crippen LogP contribution in [0.2, 0.25) is 0 Å². The van der Waals surface area contributed by atoms with E-state index in [1.807, 2.05) is 24.3 Å². The zero-order valence-electron chi connectivity index (χ0n) is 13.9. The van der Waals surface area contributed by atoms with E-state index in [4.69, 9.17) is 29.2 Å². The van der Waals surface area contributed by atoms with Crippen LogP contribution in [0.5, 0.6) is 5.75 Å². The van der Waals surface area contributed by atoms with Crippen LogP contribution in [0, 0.1) is 5.82 Å². The first-order chi connectivity index (χ1) is 12.1. The first kappa shape index (κ1) is 17.8. The van der Waals surface area contributed by atoms with E-state index >= 15 is 0 Å². The molecule has 1 aliphatic rings. The number of rotatable bonds is 3. The lowest BCUT2D eigenvalue weighted by molar-refractivity contribution is 0.265. The van der Waals surface area contributed by atoms with Crippen molar-refractivity contribution in [3.8, 4) is 5.75 Å². The molecule has 1 fully saturated rings. The summed E-state index contributed by atoms with van der Waals surface area (Å²) in [5, 5.41) is 0. The Morgan fingerprint density at radius 3 is 1.60 bits per heavy atom. The highest BCUT2D eigenvalue weighted by atomic mass is 32.1. The lowest BCUT2D eigenvalue weighted by Gasteiger charge is -2.37. The zero-order valence-corrected chi connectivity index (χ0v) is 15.6. The van der Waals surface area contributed by atoms with Crippen molar-refractivity contribution in [2.75, 3.05) is 33.3 Å². The lowest BCUT2D eigenvalue weighted by atomic mass is 10.1. The summed E-state index contributed by atoms with van der Waals surface area (Å²) in [5.74, 6) is 0.572. The highest BCUT2D eigenvalue weighted by molar-refractivity contribution is 7.81. The van der Waals surface area contributed by atoms with Gasteiger partial charge in [-0.25, -0.2) is 4.39 Å². The Morgan fingerprint density at radius 1 is 0.800 bits per heavy atom. The minimum atomic E-state index is -0.249. The van der Waals surface area contributed by atoms with Crippen LogP contribution >= 0.6 is 24.4 Å². The summed E-state index contributed by atoms with van der Waals surface area (Å²) >= 11 is 11.2. The van der Waals surface area contributed by atoms with Crippen molar-refractivity contribution >= 4 is 34.4 Å². The maximum atomic E-state index is 13.1. The molecule has 1 aliphatic heterocycles. The van der Waals surface area contributed by atoms with Crippen LogP contribution < -0.4 is 4.74 Å². The smallest absolute Gasteiger partial charge is 0.123 e. The predicted octanol–water partition coefficient (Wildman–Crippen LogP) is 3.50. The van der Waals surface area contributed by atoms with Gasteiger partial charge in [-0.1, -0.05) is 24.4 Å². The fourth-order valence-electron chi connectivity index (χ4n) is 2.80. The molecule has 0 bridgehead atoms. The summed E-state index contributed by atoms with van der Waals surface area (Å²) in [6.45, 7) is 3.22. The minimum Gasteiger partial charge on any atom is -0.497 e. The van der Waals surface area contributed by atoms with E-state index in [1.165, 1.54) is 12.1 Å². The molecule has 0 radical (unpaired) electrons. The molecule has 3 rings (SSSR count). The summed E-state index contributed by atoms with van der Waals surface area (Å²) in [4.78, 5) is 5.95. The van der Waals surface area contributed by atoms with Gasteiger partial charge in [0.1, 0.15) is 21.5 Å². The summed E-state index contributed by atoms with van der Waals surface area (Å²) in [6.07, 6.45) is 0. The monoisotopic (exact) mass is 374 g/mol. The van der Waals surface area contributed by atoms with Crippen molar-refractivity contribution in [1.82, 2.24) is 9.80 Å². The van der Waals surface area contributed by atoms with Crippen molar-refractivity contribution in [1.29, 1.82) is 0 Å². The second-order valence-electron chi connectivity index (χ2n) is 5.82. The van der Waals surface area contributed by atoms with Gasteiger partial charge in [-0.2, -0.15) is 0 Å². The van der Waals surface area contributed by atoms with Gasteiger partial charge in [-0.3, -0.25) is 0 Å². The van der Waals surface area contributed by atoms with Crippen LogP contribution in [0.25, 0.3) is 0 Å². The molecule has 1 heterocycles. The minimum absolute atomic E-state index is 0.249. The van der Waals surface area contributed by atoms with Crippen LogP contribution in [-0.4, -0.2) is 53.1 Å². The van der Waals surface area contributed by atoms with Crippen LogP contribution in [0.4, 0.5) is 4.39 Å². The van der Waals surface area contributed by atoms with Crippen LogP contribution in [-0.2, 0) is 0 Å². The molecule has 25 heavy (non-hydrogen) atoms. The van der Waals surface area contributed by atoms with E-state index in [0.29, 0.717) is 0 Å². The van der Waals surface area contributed by atoms with Crippen molar-refractivity contribution in [2.45, 2.75) is 0 Å². The fraction of sp³-hybridized carbons (Fsp3) is 0.263. The summed E-state index contributed by atoms with van der Waals surface area (Å²) < 4.78 is 18.2. The molecule has 0 unspecified atom stereocenters. The number of hydrogen-bond acceptors (Lipinski definition) is 3. The molecule has 0 amide bonds. The maximum absolute atomic E-state index is 13.1. The predicted molar refractivity (Wildman–Crippen MR) is 106 cm³/mol. The molecule has 0 aromatic heterocycles. The standard InChI is InChI=1S/C19H19FN2OS2/c1-23-17-8-4-15(5-9-17)19(25)22-12-10-21(11-13-22)18(24)14-2-6-16(20)7-3-14/h2-9H,10-13H2,1H3. The number of ether oxygens (including phenoxy) is 1. The average molecular weight is 375 g/mol. The number of nitrogens with zero attached hydrogens (tertiary/aromatic N) is 2. The van der Waals surface area contributed by atoms with Gasteiger partial charge in [0.2, 0.25) is 0 Å². The molecule has 0 atom stereocenters. The molecule has 0 saturated carbocycles. The van der Waals surface area contributed by atoms with E-state index in [2.05, 4.69) is 9.80 Å². The normalized spacial score (nSPS) is 14.3. The molecule has 2 aromatic rings. The van der Waals surface area contributed by atoms with Crippen molar-refractivity contribution < 1.29 is 9.13 Å². The number of methoxy groups -OCH3 is 1. The Bertz CT molecular complexity index is 754. The molecule has 3 nitrogen and oxygen atoms in total. The SMILES string of the molecule is COc1ccc(C(=S)N2CCN(C(=S)c3ccc(F)cc3)CC2)cc1. The summed E-state index contributed by atoms with van der Waals surface area (Å²) in [5.41, 5.74) is 1.90. The third-order valence-corrected chi connectivity index (χ3v) is 5.27. The highest BCUT2D eigenvalue weighted by Crippen LogP contribution is 2.16. The molecular formula is C19H19FN2OS2. The first-order valence-corrected chi connectivity index (χ1v) is 8.88. The molecule has 1 saturated heterocycles. The molecule has 0 aliphatic carbocycles. The largest absolute Gasteiger partial charge is 0.497 e. The molecule has 0 N–H and O–H groups in total. The van der Waals surface area contributed by atoms with Crippen molar-refractivity contribution in [3.63, 3.8) is 0 Å². The topological polar surface area (TPSA) is 15.7 Å². The molecule has 2 aromatic carbocycles. The Kier molecular flexibility index (Phi) is 5.60. The van der Waals surface area contributed by atoms with Crippen LogP contribution in [0.15, 0.2) is 48.5 Å². The van der Waals surface area contributed by atoms with Gasteiger partial charge in [-0.05, 0) is 48.5 Å². The third kappa shape index (κ3) is 4.14. The second-order valence-corrected chi connectivity index (χ2v) is 6.59. The molecule has 0 spiro atoms. The second kappa shape index (κ2) is 7.89. The van der Waals surface area contributed by atoms with Gasteiger partial charge in [0, 0.05) is 37.3 Å². The third-order valence-electron chi connectivity index (χ3n) is 4.28. The van der Waals surface area contributed by atoms with Gasteiger partial charge in [0.25, 0.3) is 0 Å². The molecule has 130 valence electrons. The Hall–Kier alpha value is -2.05. The Morgan fingerprint density at radius 2 is 1.20 bits per heavy atom. The number of hydrogen-bond donors (Lipinski definition) is 0. The highest BCUT2D eigenvalue weighted by Gasteiger charge is 2.22. The number of piperazine rings is 1. The number of benzene rings is 2. The summed E-state index contributed by atoms with van der Waals surface area (Å²) in [6, 6.07) is 14.1. The van der Waals surface area contributed by atoms with Crippen molar-refractivity contribution in [2.24, 2.45) is 0 Å².